The highest BCUT2D eigenvalue weighted by atomic mass is 32.2. The van der Waals surface area contributed by atoms with Crippen LogP contribution in [-0.2, 0) is 20.3 Å². The minimum absolute atomic E-state index is 0.0219. The number of carbonyl (C=O) groups is 2. The second-order valence-electron chi connectivity index (χ2n) is 7.29. The zero-order valence-electron chi connectivity index (χ0n) is 16.4. The fourth-order valence-electron chi connectivity index (χ4n) is 3.09. The van der Waals surface area contributed by atoms with Crippen molar-refractivity contribution in [3.05, 3.63) is 47.0 Å². The van der Waals surface area contributed by atoms with Crippen molar-refractivity contribution < 1.29 is 22.4 Å². The number of aryl methyl sites for hydroxylation is 1. The van der Waals surface area contributed by atoms with Crippen molar-refractivity contribution in [2.24, 2.45) is 0 Å². The molecular formula is C20H19FN4O4S2. The largest absolute Gasteiger partial charge is 0.352 e. The Morgan fingerprint density at radius 3 is 2.74 bits per heavy atom. The molecule has 4 rings (SSSR count). The van der Waals surface area contributed by atoms with Crippen LogP contribution in [0.3, 0.4) is 0 Å². The second-order valence-corrected chi connectivity index (χ2v) is 9.43. The summed E-state index contributed by atoms with van der Waals surface area (Å²) in [7, 11) is -3.21. The predicted octanol–water partition coefficient (Wildman–Crippen LogP) is 1.85. The molecule has 2 aromatic heterocycles. The summed E-state index contributed by atoms with van der Waals surface area (Å²) in [6.07, 6.45) is 3.38. The maximum absolute atomic E-state index is 14.7. The van der Waals surface area contributed by atoms with Crippen LogP contribution in [0.5, 0.6) is 0 Å². The molecule has 0 spiro atoms. The molecule has 1 aliphatic carbocycles. The molecule has 1 aromatic carbocycles. The molecule has 1 unspecified atom stereocenters. The van der Waals surface area contributed by atoms with E-state index in [4.69, 9.17) is 0 Å². The van der Waals surface area contributed by atoms with Gasteiger partial charge in [0.25, 0.3) is 0 Å². The van der Waals surface area contributed by atoms with Gasteiger partial charge in [-0.25, -0.2) is 17.8 Å². The average Bonchev–Trinajstić information content (AvgIpc) is 3.43. The molecule has 2 amide bonds. The third-order valence-electron chi connectivity index (χ3n) is 4.76. The van der Waals surface area contributed by atoms with Gasteiger partial charge in [0.2, 0.25) is 11.8 Å². The Labute approximate surface area is 182 Å². The number of pyridine rings is 1. The maximum atomic E-state index is 14.7. The van der Waals surface area contributed by atoms with Gasteiger partial charge in [0.05, 0.1) is 16.8 Å². The van der Waals surface area contributed by atoms with E-state index in [-0.39, 0.29) is 29.0 Å². The molecule has 1 aliphatic rings. The van der Waals surface area contributed by atoms with Crippen molar-refractivity contribution in [1.82, 2.24) is 20.6 Å². The van der Waals surface area contributed by atoms with E-state index in [9.17, 15) is 22.4 Å². The number of nitrogens with zero attached hydrogens (tertiary/aromatic N) is 2. The van der Waals surface area contributed by atoms with Crippen molar-refractivity contribution in [1.29, 1.82) is 0 Å². The minimum atomic E-state index is -3.21. The first-order valence-electron chi connectivity index (χ1n) is 9.55. The third-order valence-corrected chi connectivity index (χ3v) is 6.92. The number of fused-ring (bicyclic) bond motifs is 1. The van der Waals surface area contributed by atoms with Crippen LogP contribution in [0.25, 0.3) is 21.3 Å². The lowest BCUT2D eigenvalue weighted by atomic mass is 10.1. The number of hydrogen-bond acceptors (Lipinski definition) is 7. The van der Waals surface area contributed by atoms with E-state index in [1.54, 1.807) is 31.3 Å². The molecule has 2 heterocycles. The Kier molecular flexibility index (Phi) is 5.96. The SMILES string of the molecule is Cc1cc(-c2cc3sc(C(C(=O)NCC(=O)NC4CC4)[SH](=O)=O)nc3cc2F)ccn1. The number of amides is 2. The maximum Gasteiger partial charge on any atom is 0.245 e. The van der Waals surface area contributed by atoms with Crippen LogP contribution < -0.4 is 10.6 Å². The lowest BCUT2D eigenvalue weighted by Crippen LogP contribution is -2.40. The fourth-order valence-corrected chi connectivity index (χ4v) is 5.00. The average molecular weight is 463 g/mol. The Morgan fingerprint density at radius 1 is 1.29 bits per heavy atom. The molecule has 0 aliphatic heterocycles. The van der Waals surface area contributed by atoms with Crippen LogP contribution in [0, 0.1) is 12.7 Å². The quantitative estimate of drug-likeness (QED) is 0.461. The molecule has 1 atom stereocenters. The van der Waals surface area contributed by atoms with Crippen LogP contribution >= 0.6 is 11.3 Å². The Bertz CT molecular complexity index is 1250. The first-order chi connectivity index (χ1) is 14.8. The fraction of sp³-hybridized carbons (Fsp3) is 0.300. The van der Waals surface area contributed by atoms with Gasteiger partial charge < -0.3 is 10.6 Å². The summed E-state index contributed by atoms with van der Waals surface area (Å²) < 4.78 is 38.8. The van der Waals surface area contributed by atoms with Gasteiger partial charge in [-0.15, -0.1) is 11.3 Å². The standard InChI is InChI=1S/C20H19FN4O4S2/c1-10-6-11(4-5-22-10)13-7-16-15(8-14(13)21)25-20(30-16)18(31(28)29)19(27)23-9-17(26)24-12-2-3-12/h4-8,12,18,31H,2-3,9H2,1H3,(H,23,27)(H,24,26). The highest BCUT2D eigenvalue weighted by molar-refractivity contribution is 7.73. The molecule has 11 heteroatoms. The number of halogens is 1. The predicted molar refractivity (Wildman–Crippen MR) is 115 cm³/mol. The van der Waals surface area contributed by atoms with E-state index in [2.05, 4.69) is 20.6 Å². The number of carbonyl (C=O) groups excluding carboxylic acids is 2. The molecule has 3 aromatic rings. The summed E-state index contributed by atoms with van der Waals surface area (Å²) >= 11 is 1.00. The molecule has 1 fully saturated rings. The van der Waals surface area contributed by atoms with Crippen molar-refractivity contribution >= 4 is 44.1 Å². The van der Waals surface area contributed by atoms with Crippen molar-refractivity contribution in [3.8, 4) is 11.1 Å². The van der Waals surface area contributed by atoms with Gasteiger partial charge in [-0.3, -0.25) is 14.6 Å². The number of rotatable bonds is 7. The molecule has 31 heavy (non-hydrogen) atoms. The normalized spacial score (nSPS) is 14.5. The summed E-state index contributed by atoms with van der Waals surface area (Å²) in [5.41, 5.74) is 1.95. The lowest BCUT2D eigenvalue weighted by molar-refractivity contribution is -0.126. The lowest BCUT2D eigenvalue weighted by Gasteiger charge is -2.09. The van der Waals surface area contributed by atoms with Gasteiger partial charge in [-0.2, -0.15) is 0 Å². The Hall–Kier alpha value is -2.92. The summed E-state index contributed by atoms with van der Waals surface area (Å²) in [6, 6.07) is 6.35. The van der Waals surface area contributed by atoms with E-state index in [1.807, 2.05) is 0 Å². The van der Waals surface area contributed by atoms with E-state index in [0.29, 0.717) is 15.8 Å². The van der Waals surface area contributed by atoms with Gasteiger partial charge >= 0.3 is 0 Å². The van der Waals surface area contributed by atoms with Crippen LogP contribution in [-0.4, -0.2) is 42.8 Å². The van der Waals surface area contributed by atoms with Crippen LogP contribution in [0.2, 0.25) is 0 Å². The Morgan fingerprint density at radius 2 is 2.06 bits per heavy atom. The molecule has 0 radical (unpaired) electrons. The molecule has 8 nitrogen and oxygen atoms in total. The number of aromatic nitrogens is 2. The van der Waals surface area contributed by atoms with Crippen LogP contribution in [0.15, 0.2) is 30.5 Å². The topological polar surface area (TPSA) is 118 Å². The third kappa shape index (κ3) is 4.88. The zero-order chi connectivity index (χ0) is 22.1. The van der Waals surface area contributed by atoms with Gasteiger partial charge in [0.15, 0.2) is 16.0 Å². The van der Waals surface area contributed by atoms with E-state index in [1.165, 1.54) is 6.07 Å². The van der Waals surface area contributed by atoms with E-state index in [0.717, 1.165) is 29.9 Å². The van der Waals surface area contributed by atoms with Gasteiger partial charge in [-0.05, 0) is 43.5 Å². The number of thiol groups is 1. The second kappa shape index (κ2) is 8.67. The number of nitrogens with one attached hydrogen (secondary N) is 2. The van der Waals surface area contributed by atoms with E-state index < -0.39 is 27.7 Å². The minimum Gasteiger partial charge on any atom is -0.352 e. The Balaban J connectivity index is 1.60. The molecule has 162 valence electrons. The molecular weight excluding hydrogens is 443 g/mol. The summed E-state index contributed by atoms with van der Waals surface area (Å²) in [5.74, 6) is -1.73. The summed E-state index contributed by atoms with van der Waals surface area (Å²) in [6.45, 7) is 1.48. The number of thiazole rings is 1. The summed E-state index contributed by atoms with van der Waals surface area (Å²) in [4.78, 5) is 32.5. The zero-order valence-corrected chi connectivity index (χ0v) is 18.1. The highest BCUT2D eigenvalue weighted by Gasteiger charge is 2.29. The number of benzene rings is 1. The van der Waals surface area contributed by atoms with E-state index >= 15 is 0 Å². The van der Waals surface area contributed by atoms with Gasteiger partial charge in [0, 0.05) is 29.6 Å². The monoisotopic (exact) mass is 462 g/mol. The summed E-state index contributed by atoms with van der Waals surface area (Å²) in [5, 5.41) is 3.51. The van der Waals surface area contributed by atoms with Crippen molar-refractivity contribution in [2.45, 2.75) is 31.1 Å². The van der Waals surface area contributed by atoms with Crippen LogP contribution in [0.4, 0.5) is 4.39 Å². The number of hydrogen-bond donors (Lipinski definition) is 3. The highest BCUT2D eigenvalue weighted by Crippen LogP contribution is 2.33. The first kappa shape index (κ1) is 21.3. The van der Waals surface area contributed by atoms with Gasteiger partial charge in [-0.1, -0.05) is 0 Å². The molecule has 0 saturated heterocycles. The first-order valence-corrected chi connectivity index (χ1v) is 11.6. The molecule has 2 N–H and O–H groups in total. The van der Waals surface area contributed by atoms with Gasteiger partial charge in [0.1, 0.15) is 10.8 Å². The molecule has 1 saturated carbocycles. The van der Waals surface area contributed by atoms with Crippen molar-refractivity contribution in [2.75, 3.05) is 6.54 Å². The van der Waals surface area contributed by atoms with Crippen LogP contribution in [0.1, 0.15) is 28.8 Å². The molecule has 0 bridgehead atoms. The van der Waals surface area contributed by atoms with Crippen molar-refractivity contribution in [3.63, 3.8) is 0 Å². The smallest absolute Gasteiger partial charge is 0.245 e.